The minimum Gasteiger partial charge on any atom is -0.396 e. The summed E-state index contributed by atoms with van der Waals surface area (Å²) >= 11 is 0. The highest BCUT2D eigenvalue weighted by molar-refractivity contribution is 5.76. The molecule has 0 spiro atoms. The second kappa shape index (κ2) is 8.54. The van der Waals surface area contributed by atoms with Crippen LogP contribution in [0.2, 0.25) is 0 Å². The van der Waals surface area contributed by atoms with Gasteiger partial charge in [-0.2, -0.15) is 4.98 Å². The molecule has 1 aromatic heterocycles. The fourth-order valence-electron chi connectivity index (χ4n) is 2.12. The molecule has 0 fully saturated rings. The molecule has 0 aliphatic carbocycles. The van der Waals surface area contributed by atoms with E-state index >= 15 is 0 Å². The van der Waals surface area contributed by atoms with Crippen molar-refractivity contribution in [3.63, 3.8) is 0 Å². The Bertz CT molecular complexity index is 687. The van der Waals surface area contributed by atoms with Gasteiger partial charge < -0.3 is 14.9 Å². The van der Waals surface area contributed by atoms with Crippen LogP contribution in [0, 0.1) is 18.7 Å². The fraction of sp³-hybridized carbons (Fsp3) is 0.471. The molecule has 1 aromatic carbocycles. The van der Waals surface area contributed by atoms with Crippen molar-refractivity contribution in [3.05, 3.63) is 35.5 Å². The van der Waals surface area contributed by atoms with Crippen molar-refractivity contribution in [2.75, 3.05) is 13.2 Å². The van der Waals surface area contributed by atoms with Crippen molar-refractivity contribution in [1.82, 2.24) is 15.5 Å². The maximum atomic E-state index is 13.6. The van der Waals surface area contributed by atoms with Gasteiger partial charge in [-0.15, -0.1) is 0 Å². The van der Waals surface area contributed by atoms with Crippen LogP contribution in [-0.2, 0) is 11.2 Å². The summed E-state index contributed by atoms with van der Waals surface area (Å²) < 4.78 is 18.7. The first-order valence-corrected chi connectivity index (χ1v) is 7.96. The van der Waals surface area contributed by atoms with Gasteiger partial charge in [0.1, 0.15) is 5.82 Å². The zero-order chi connectivity index (χ0) is 17.5. The molecular formula is C17H22FN3O3. The molecule has 1 heterocycles. The van der Waals surface area contributed by atoms with Crippen LogP contribution in [0.15, 0.2) is 22.7 Å². The van der Waals surface area contributed by atoms with Crippen molar-refractivity contribution < 1.29 is 18.8 Å². The molecule has 1 atom stereocenters. The number of aliphatic hydroxyl groups excluding tert-OH is 1. The number of nitrogens with zero attached hydrogens (tertiary/aromatic N) is 2. The Labute approximate surface area is 140 Å². The van der Waals surface area contributed by atoms with Crippen LogP contribution in [0.3, 0.4) is 0 Å². The third-order valence-corrected chi connectivity index (χ3v) is 3.73. The van der Waals surface area contributed by atoms with Gasteiger partial charge in [0.2, 0.25) is 17.6 Å². The smallest absolute Gasteiger partial charge is 0.227 e. The van der Waals surface area contributed by atoms with Crippen LogP contribution in [0.4, 0.5) is 4.39 Å². The van der Waals surface area contributed by atoms with Gasteiger partial charge in [-0.1, -0.05) is 24.2 Å². The largest absolute Gasteiger partial charge is 0.396 e. The van der Waals surface area contributed by atoms with Gasteiger partial charge >= 0.3 is 0 Å². The molecule has 130 valence electrons. The Morgan fingerprint density at radius 2 is 2.25 bits per heavy atom. The first kappa shape index (κ1) is 18.1. The summed E-state index contributed by atoms with van der Waals surface area (Å²) in [6, 6.07) is 4.74. The van der Waals surface area contributed by atoms with E-state index in [0.717, 1.165) is 0 Å². The average Bonchev–Trinajstić information content (AvgIpc) is 3.03. The lowest BCUT2D eigenvalue weighted by atomic mass is 10.1. The molecular weight excluding hydrogens is 313 g/mol. The van der Waals surface area contributed by atoms with Crippen molar-refractivity contribution in [3.8, 4) is 11.4 Å². The number of benzene rings is 1. The molecule has 1 unspecified atom stereocenters. The Hall–Kier alpha value is -2.28. The van der Waals surface area contributed by atoms with E-state index in [9.17, 15) is 9.18 Å². The summed E-state index contributed by atoms with van der Waals surface area (Å²) in [5, 5.41) is 15.4. The van der Waals surface area contributed by atoms with E-state index in [1.807, 2.05) is 6.92 Å². The van der Waals surface area contributed by atoms with Gasteiger partial charge in [0, 0.05) is 31.6 Å². The molecule has 2 aromatic rings. The molecule has 0 radical (unpaired) electrons. The normalized spacial score (nSPS) is 12.2. The quantitative estimate of drug-likeness (QED) is 0.772. The number of halogens is 1. The van der Waals surface area contributed by atoms with Gasteiger partial charge in [0.05, 0.1) is 0 Å². The summed E-state index contributed by atoms with van der Waals surface area (Å²) in [6.07, 6.45) is 1.21. The fourth-order valence-corrected chi connectivity index (χ4v) is 2.12. The Balaban J connectivity index is 1.85. The van der Waals surface area contributed by atoms with E-state index in [-0.39, 0.29) is 30.7 Å². The average molecular weight is 335 g/mol. The van der Waals surface area contributed by atoms with E-state index in [1.165, 1.54) is 6.07 Å². The third-order valence-electron chi connectivity index (χ3n) is 3.73. The number of aliphatic hydroxyl groups is 1. The molecule has 0 saturated heterocycles. The van der Waals surface area contributed by atoms with Crippen molar-refractivity contribution in [1.29, 1.82) is 0 Å². The highest BCUT2D eigenvalue weighted by atomic mass is 19.1. The Morgan fingerprint density at radius 3 is 2.96 bits per heavy atom. The first-order valence-electron chi connectivity index (χ1n) is 7.96. The van der Waals surface area contributed by atoms with Crippen LogP contribution < -0.4 is 5.32 Å². The van der Waals surface area contributed by atoms with Gasteiger partial charge in [0.25, 0.3) is 0 Å². The number of carbonyl (C=O) groups is 1. The third kappa shape index (κ3) is 5.13. The number of amides is 1. The molecule has 7 heteroatoms. The minimum atomic E-state index is -0.324. The lowest BCUT2D eigenvalue weighted by Crippen LogP contribution is -2.28. The number of hydrogen-bond donors (Lipinski definition) is 2. The highest BCUT2D eigenvalue weighted by Gasteiger charge is 2.12. The number of aromatic nitrogens is 2. The molecule has 0 aliphatic rings. The van der Waals surface area contributed by atoms with Crippen molar-refractivity contribution in [2.45, 2.75) is 33.1 Å². The summed E-state index contributed by atoms with van der Waals surface area (Å²) in [4.78, 5) is 16.0. The second-order valence-electron chi connectivity index (χ2n) is 5.90. The van der Waals surface area contributed by atoms with E-state index in [4.69, 9.17) is 9.63 Å². The van der Waals surface area contributed by atoms with E-state index in [2.05, 4.69) is 15.5 Å². The molecule has 24 heavy (non-hydrogen) atoms. The molecule has 2 N–H and O–H groups in total. The van der Waals surface area contributed by atoms with E-state index in [0.29, 0.717) is 42.2 Å². The van der Waals surface area contributed by atoms with Gasteiger partial charge in [0.15, 0.2) is 0 Å². The molecule has 2 rings (SSSR count). The van der Waals surface area contributed by atoms with Gasteiger partial charge in [-0.3, -0.25) is 4.79 Å². The number of carbonyl (C=O) groups excluding carboxylic acids is 1. The predicted octanol–water partition coefficient (Wildman–Crippen LogP) is 2.25. The highest BCUT2D eigenvalue weighted by Crippen LogP contribution is 2.19. The topological polar surface area (TPSA) is 88.2 Å². The Morgan fingerprint density at radius 1 is 1.46 bits per heavy atom. The minimum absolute atomic E-state index is 0.110. The molecule has 0 aliphatic heterocycles. The number of nitrogens with one attached hydrogen (secondary N) is 1. The molecule has 6 nitrogen and oxygen atoms in total. The standard InChI is InChI=1S/C17H22FN3O3/c1-11(7-8-22)10-19-15(23)5-6-16-20-17(21-24-16)13-4-3-12(2)14(18)9-13/h3-4,9,11,22H,5-8,10H2,1-2H3,(H,19,23). The van der Waals surface area contributed by atoms with E-state index in [1.54, 1.807) is 19.1 Å². The first-order chi connectivity index (χ1) is 11.5. The van der Waals surface area contributed by atoms with Crippen LogP contribution in [0.5, 0.6) is 0 Å². The van der Waals surface area contributed by atoms with E-state index < -0.39 is 0 Å². The van der Waals surface area contributed by atoms with Gasteiger partial charge in [-0.25, -0.2) is 4.39 Å². The van der Waals surface area contributed by atoms with Gasteiger partial charge in [-0.05, 0) is 30.9 Å². The van der Waals surface area contributed by atoms with Crippen LogP contribution >= 0.6 is 0 Å². The lowest BCUT2D eigenvalue weighted by Gasteiger charge is -2.10. The molecule has 0 bridgehead atoms. The van der Waals surface area contributed by atoms with Crippen molar-refractivity contribution >= 4 is 5.91 Å². The second-order valence-corrected chi connectivity index (χ2v) is 5.90. The van der Waals surface area contributed by atoms with Crippen molar-refractivity contribution in [2.24, 2.45) is 5.92 Å². The number of rotatable bonds is 8. The number of hydrogen-bond acceptors (Lipinski definition) is 5. The molecule has 1 amide bonds. The summed E-state index contributed by atoms with van der Waals surface area (Å²) in [5.74, 6) is 0.437. The molecule has 0 saturated carbocycles. The Kier molecular flexibility index (Phi) is 6.43. The lowest BCUT2D eigenvalue weighted by molar-refractivity contribution is -0.121. The number of aryl methyl sites for hydroxylation is 2. The van der Waals surface area contributed by atoms with Crippen LogP contribution in [0.25, 0.3) is 11.4 Å². The summed E-state index contributed by atoms with van der Waals surface area (Å²) in [6.45, 7) is 4.28. The zero-order valence-corrected chi connectivity index (χ0v) is 13.9. The SMILES string of the molecule is Cc1ccc(-c2noc(CCC(=O)NCC(C)CCO)n2)cc1F. The summed E-state index contributed by atoms with van der Waals surface area (Å²) in [7, 11) is 0. The monoisotopic (exact) mass is 335 g/mol. The summed E-state index contributed by atoms with van der Waals surface area (Å²) in [5.41, 5.74) is 1.09. The maximum Gasteiger partial charge on any atom is 0.227 e. The zero-order valence-electron chi connectivity index (χ0n) is 13.9. The van der Waals surface area contributed by atoms with Crippen LogP contribution in [0.1, 0.15) is 31.2 Å². The van der Waals surface area contributed by atoms with Crippen LogP contribution in [-0.4, -0.2) is 34.3 Å². The predicted molar refractivity (Wildman–Crippen MR) is 86.6 cm³/mol. The maximum absolute atomic E-state index is 13.6.